The Labute approximate surface area is 175 Å². The van der Waals surface area contributed by atoms with Crippen molar-refractivity contribution in [3.8, 4) is 0 Å². The third-order valence-electron chi connectivity index (χ3n) is 5.44. The number of hydrogen-bond donors (Lipinski definition) is 1. The van der Waals surface area contributed by atoms with Crippen LogP contribution in [0.4, 0.5) is 5.69 Å². The van der Waals surface area contributed by atoms with E-state index in [0.29, 0.717) is 11.1 Å². The molecule has 0 bridgehead atoms. The lowest BCUT2D eigenvalue weighted by Gasteiger charge is -2.25. The van der Waals surface area contributed by atoms with Crippen LogP contribution in [0.2, 0.25) is 0 Å². The van der Waals surface area contributed by atoms with Crippen molar-refractivity contribution in [3.05, 3.63) is 111 Å². The maximum atomic E-state index is 13.5. The van der Waals surface area contributed by atoms with Crippen LogP contribution >= 0.6 is 0 Å². The molecule has 4 heteroatoms. The van der Waals surface area contributed by atoms with E-state index in [9.17, 15) is 9.59 Å². The molecule has 1 N–H and O–H groups in total. The van der Waals surface area contributed by atoms with E-state index in [2.05, 4.69) is 4.98 Å². The van der Waals surface area contributed by atoms with Gasteiger partial charge in [-0.3, -0.25) is 9.59 Å². The van der Waals surface area contributed by atoms with Gasteiger partial charge >= 0.3 is 0 Å². The first-order valence-corrected chi connectivity index (χ1v) is 10.00. The zero-order chi connectivity index (χ0) is 21.3. The summed E-state index contributed by atoms with van der Waals surface area (Å²) in [4.78, 5) is 31.0. The van der Waals surface area contributed by atoms with Gasteiger partial charge in [-0.1, -0.05) is 54.1 Å². The van der Waals surface area contributed by atoms with Gasteiger partial charge in [-0.15, -0.1) is 0 Å². The summed E-state index contributed by atoms with van der Waals surface area (Å²) in [6.45, 7) is 6.12. The van der Waals surface area contributed by atoms with Gasteiger partial charge in [0.25, 0.3) is 11.5 Å². The van der Waals surface area contributed by atoms with Crippen molar-refractivity contribution in [1.82, 2.24) is 4.98 Å². The lowest BCUT2D eigenvalue weighted by molar-refractivity contribution is 0.0985. The van der Waals surface area contributed by atoms with E-state index >= 15 is 0 Å². The second-order valence-electron chi connectivity index (χ2n) is 7.71. The lowest BCUT2D eigenvalue weighted by Crippen LogP contribution is -2.33. The Morgan fingerprint density at radius 3 is 2.30 bits per heavy atom. The summed E-state index contributed by atoms with van der Waals surface area (Å²) in [6.07, 6.45) is 0. The Bertz CT molecular complexity index is 1290. The van der Waals surface area contributed by atoms with Crippen LogP contribution in [0.15, 0.2) is 77.6 Å². The number of aryl methyl sites for hydroxylation is 3. The maximum Gasteiger partial charge on any atom is 0.258 e. The van der Waals surface area contributed by atoms with Gasteiger partial charge in [-0.2, -0.15) is 0 Å². The van der Waals surface area contributed by atoms with Crippen molar-refractivity contribution in [2.75, 3.05) is 4.90 Å². The molecule has 3 aromatic carbocycles. The van der Waals surface area contributed by atoms with Crippen LogP contribution < -0.4 is 10.5 Å². The Balaban J connectivity index is 1.81. The molecular formula is C26H24N2O2. The molecule has 0 atom stereocenters. The molecule has 30 heavy (non-hydrogen) atoms. The summed E-state index contributed by atoms with van der Waals surface area (Å²) in [5.74, 6) is -0.131. The van der Waals surface area contributed by atoms with Gasteiger partial charge in [0.1, 0.15) is 0 Å². The summed E-state index contributed by atoms with van der Waals surface area (Å²) >= 11 is 0. The van der Waals surface area contributed by atoms with Gasteiger partial charge < -0.3 is 9.88 Å². The molecule has 0 aliphatic heterocycles. The topological polar surface area (TPSA) is 53.2 Å². The molecule has 0 spiro atoms. The number of para-hydroxylation sites is 2. The number of hydrogen-bond acceptors (Lipinski definition) is 2. The Morgan fingerprint density at radius 1 is 0.867 bits per heavy atom. The summed E-state index contributed by atoms with van der Waals surface area (Å²) in [5, 5.41) is 0.956. The minimum absolute atomic E-state index is 0.131. The minimum atomic E-state index is -0.174. The third kappa shape index (κ3) is 3.77. The summed E-state index contributed by atoms with van der Waals surface area (Å²) in [6, 6.07) is 23.0. The monoisotopic (exact) mass is 396 g/mol. The number of rotatable bonds is 4. The van der Waals surface area contributed by atoms with E-state index in [-0.39, 0.29) is 18.0 Å². The summed E-state index contributed by atoms with van der Waals surface area (Å²) in [5.41, 5.74) is 5.69. The Kier molecular flexibility index (Phi) is 5.23. The number of benzene rings is 3. The van der Waals surface area contributed by atoms with E-state index in [1.54, 1.807) is 4.90 Å². The fourth-order valence-electron chi connectivity index (χ4n) is 3.70. The van der Waals surface area contributed by atoms with E-state index in [1.165, 1.54) is 0 Å². The molecule has 0 aliphatic rings. The van der Waals surface area contributed by atoms with E-state index < -0.39 is 0 Å². The average molecular weight is 396 g/mol. The van der Waals surface area contributed by atoms with E-state index in [0.717, 1.165) is 33.3 Å². The van der Waals surface area contributed by atoms with Gasteiger partial charge in [0.15, 0.2) is 0 Å². The smallest absolute Gasteiger partial charge is 0.258 e. The molecule has 0 radical (unpaired) electrons. The minimum Gasteiger partial charge on any atom is -0.321 e. The number of pyridine rings is 1. The number of amides is 1. The van der Waals surface area contributed by atoms with Crippen molar-refractivity contribution in [1.29, 1.82) is 0 Å². The Hall–Kier alpha value is -3.66. The van der Waals surface area contributed by atoms with Crippen LogP contribution in [0.1, 0.15) is 32.6 Å². The first kappa shape index (κ1) is 19.6. The molecule has 1 amide bonds. The van der Waals surface area contributed by atoms with E-state index in [4.69, 9.17) is 0 Å². The van der Waals surface area contributed by atoms with Crippen LogP contribution in [0.3, 0.4) is 0 Å². The van der Waals surface area contributed by atoms with Crippen molar-refractivity contribution in [3.63, 3.8) is 0 Å². The molecule has 0 fully saturated rings. The molecule has 1 heterocycles. The number of carbonyl (C=O) groups is 1. The van der Waals surface area contributed by atoms with Crippen LogP contribution in [-0.2, 0) is 6.54 Å². The number of nitrogens with one attached hydrogen (secondary N) is 1. The average Bonchev–Trinajstić information content (AvgIpc) is 2.74. The fourth-order valence-corrected chi connectivity index (χ4v) is 3.70. The Morgan fingerprint density at radius 2 is 1.57 bits per heavy atom. The zero-order valence-corrected chi connectivity index (χ0v) is 17.4. The molecule has 4 aromatic rings. The number of aromatic nitrogens is 1. The normalized spacial score (nSPS) is 10.9. The molecule has 4 rings (SSSR count). The first-order valence-electron chi connectivity index (χ1n) is 10.00. The molecule has 0 saturated carbocycles. The highest BCUT2D eigenvalue weighted by Gasteiger charge is 2.21. The molecular weight excluding hydrogens is 372 g/mol. The maximum absolute atomic E-state index is 13.5. The fraction of sp³-hybridized carbons (Fsp3) is 0.154. The SMILES string of the molecule is Cc1ccc(C(=O)N(Cc2cc3cccc(C)c3[nH]c2=O)c2ccccc2C)cc1. The highest BCUT2D eigenvalue weighted by molar-refractivity contribution is 6.06. The van der Waals surface area contributed by atoms with Crippen LogP contribution in [-0.4, -0.2) is 10.9 Å². The third-order valence-corrected chi connectivity index (χ3v) is 5.44. The first-order chi connectivity index (χ1) is 14.4. The van der Waals surface area contributed by atoms with Crippen molar-refractivity contribution < 1.29 is 4.79 Å². The molecule has 0 aliphatic carbocycles. The van der Waals surface area contributed by atoms with Gasteiger partial charge in [-0.05, 0) is 61.5 Å². The standard InChI is InChI=1S/C26H24N2O2/c1-17-11-13-20(14-12-17)26(30)28(23-10-5-4-7-18(23)2)16-22-15-21-9-6-8-19(3)24(21)27-25(22)29/h4-15H,16H2,1-3H3,(H,27,29). The van der Waals surface area contributed by atoms with Crippen LogP contribution in [0.25, 0.3) is 10.9 Å². The summed E-state index contributed by atoms with van der Waals surface area (Å²) < 4.78 is 0. The highest BCUT2D eigenvalue weighted by atomic mass is 16.2. The second-order valence-corrected chi connectivity index (χ2v) is 7.71. The number of H-pyrrole nitrogens is 1. The highest BCUT2D eigenvalue weighted by Crippen LogP contribution is 2.24. The van der Waals surface area contributed by atoms with Gasteiger partial charge in [0, 0.05) is 16.8 Å². The largest absolute Gasteiger partial charge is 0.321 e. The second kappa shape index (κ2) is 7.99. The number of fused-ring (bicyclic) bond motifs is 1. The van der Waals surface area contributed by atoms with Crippen molar-refractivity contribution in [2.24, 2.45) is 0 Å². The van der Waals surface area contributed by atoms with Gasteiger partial charge in [0.05, 0.1) is 12.1 Å². The molecule has 150 valence electrons. The predicted octanol–water partition coefficient (Wildman–Crippen LogP) is 5.30. The van der Waals surface area contributed by atoms with Crippen LogP contribution in [0.5, 0.6) is 0 Å². The van der Waals surface area contributed by atoms with Gasteiger partial charge in [-0.25, -0.2) is 0 Å². The molecule has 4 nitrogen and oxygen atoms in total. The van der Waals surface area contributed by atoms with Crippen LogP contribution in [0, 0.1) is 20.8 Å². The zero-order valence-electron chi connectivity index (χ0n) is 17.4. The van der Waals surface area contributed by atoms with Crippen molar-refractivity contribution >= 4 is 22.5 Å². The van der Waals surface area contributed by atoms with Gasteiger partial charge in [0.2, 0.25) is 0 Å². The van der Waals surface area contributed by atoms with E-state index in [1.807, 2.05) is 93.6 Å². The lowest BCUT2D eigenvalue weighted by atomic mass is 10.1. The molecule has 0 saturated heterocycles. The number of carbonyl (C=O) groups excluding carboxylic acids is 1. The summed E-state index contributed by atoms with van der Waals surface area (Å²) in [7, 11) is 0. The molecule has 0 unspecified atom stereocenters. The predicted molar refractivity (Wildman–Crippen MR) is 122 cm³/mol. The quantitative estimate of drug-likeness (QED) is 0.509. The molecule has 1 aromatic heterocycles. The number of anilines is 1. The van der Waals surface area contributed by atoms with Crippen molar-refractivity contribution in [2.45, 2.75) is 27.3 Å². The number of aromatic amines is 1. The number of nitrogens with zero attached hydrogens (tertiary/aromatic N) is 1.